The molecule has 4 nitrogen and oxygen atoms in total. The summed E-state index contributed by atoms with van der Waals surface area (Å²) in [5.74, 6) is -0.353. The van der Waals surface area contributed by atoms with Gasteiger partial charge in [0.2, 0.25) is 0 Å². The predicted octanol–water partition coefficient (Wildman–Crippen LogP) is 2.03. The van der Waals surface area contributed by atoms with Crippen molar-refractivity contribution in [3.8, 4) is 0 Å². The van der Waals surface area contributed by atoms with Crippen molar-refractivity contribution in [2.75, 3.05) is 11.9 Å². The van der Waals surface area contributed by atoms with Gasteiger partial charge in [-0.2, -0.15) is 0 Å². The molecule has 1 aromatic heterocycles. The highest BCUT2D eigenvalue weighted by Gasteiger charge is 2.28. The molecule has 0 saturated heterocycles. The smallest absolute Gasteiger partial charge is 0.337 e. The first-order valence-corrected chi connectivity index (χ1v) is 5.09. The second-order valence-corrected chi connectivity index (χ2v) is 4.08. The Kier molecular flexibility index (Phi) is 2.52. The van der Waals surface area contributed by atoms with Crippen LogP contribution in [-0.4, -0.2) is 29.1 Å². The van der Waals surface area contributed by atoms with Gasteiger partial charge in [-0.25, -0.2) is 9.78 Å². The summed E-state index contributed by atoms with van der Waals surface area (Å²) in [5.41, 5.74) is 0.118. The van der Waals surface area contributed by atoms with Gasteiger partial charge in [-0.3, -0.25) is 0 Å². The molecule has 1 N–H and O–H groups in total. The van der Waals surface area contributed by atoms with E-state index < -0.39 is 5.97 Å². The van der Waals surface area contributed by atoms with Crippen molar-refractivity contribution in [1.29, 1.82) is 0 Å². The van der Waals surface area contributed by atoms with Gasteiger partial charge >= 0.3 is 5.97 Å². The fourth-order valence-corrected chi connectivity index (χ4v) is 1.74. The molecule has 1 heterocycles. The summed E-state index contributed by atoms with van der Waals surface area (Å²) >= 11 is 5.97. The quantitative estimate of drug-likeness (QED) is 0.857. The van der Waals surface area contributed by atoms with Crippen LogP contribution in [0, 0.1) is 0 Å². The second kappa shape index (κ2) is 3.70. The molecule has 1 aliphatic carbocycles. The van der Waals surface area contributed by atoms with Gasteiger partial charge < -0.3 is 10.0 Å². The van der Waals surface area contributed by atoms with Crippen LogP contribution in [0.25, 0.3) is 0 Å². The second-order valence-electron chi connectivity index (χ2n) is 3.68. The van der Waals surface area contributed by atoms with Crippen molar-refractivity contribution in [1.82, 2.24) is 4.98 Å². The lowest BCUT2D eigenvalue weighted by Gasteiger charge is -2.18. The Bertz CT molecular complexity index is 404. The summed E-state index contributed by atoms with van der Waals surface area (Å²) in [6.45, 7) is 0. The zero-order chi connectivity index (χ0) is 11.0. The number of aromatic carboxylic acids is 1. The van der Waals surface area contributed by atoms with Gasteiger partial charge in [-0.15, -0.1) is 0 Å². The van der Waals surface area contributed by atoms with Crippen LogP contribution in [0.4, 0.5) is 5.82 Å². The van der Waals surface area contributed by atoms with Crippen molar-refractivity contribution in [3.63, 3.8) is 0 Å². The molecule has 0 atom stereocenters. The first-order chi connectivity index (χ1) is 7.09. The Hall–Kier alpha value is -1.29. The first kappa shape index (κ1) is 10.2. The highest BCUT2D eigenvalue weighted by atomic mass is 35.5. The molecule has 2 rings (SSSR count). The van der Waals surface area contributed by atoms with E-state index in [9.17, 15) is 4.79 Å². The van der Waals surface area contributed by atoms with Crippen LogP contribution < -0.4 is 4.90 Å². The Morgan fingerprint density at radius 2 is 2.33 bits per heavy atom. The van der Waals surface area contributed by atoms with E-state index in [-0.39, 0.29) is 5.56 Å². The molecule has 80 valence electrons. The van der Waals surface area contributed by atoms with E-state index in [1.165, 1.54) is 12.3 Å². The number of carbonyl (C=O) groups is 1. The van der Waals surface area contributed by atoms with E-state index in [1.54, 1.807) is 0 Å². The molecule has 0 aromatic carbocycles. The topological polar surface area (TPSA) is 53.4 Å². The fraction of sp³-hybridized carbons (Fsp3) is 0.400. The predicted molar refractivity (Wildman–Crippen MR) is 57.6 cm³/mol. The third kappa shape index (κ3) is 2.04. The Morgan fingerprint density at radius 3 is 2.80 bits per heavy atom. The van der Waals surface area contributed by atoms with E-state index in [0.29, 0.717) is 16.9 Å². The molecule has 0 unspecified atom stereocenters. The maximum absolute atomic E-state index is 10.7. The first-order valence-electron chi connectivity index (χ1n) is 4.71. The van der Waals surface area contributed by atoms with Crippen LogP contribution in [-0.2, 0) is 0 Å². The van der Waals surface area contributed by atoms with E-state index in [1.807, 2.05) is 11.9 Å². The third-order valence-electron chi connectivity index (χ3n) is 2.50. The number of aromatic nitrogens is 1. The lowest BCUT2D eigenvalue weighted by Crippen LogP contribution is -2.21. The lowest BCUT2D eigenvalue weighted by molar-refractivity contribution is 0.0696. The Morgan fingerprint density at radius 1 is 1.67 bits per heavy atom. The number of carboxylic acids is 1. The summed E-state index contributed by atoms with van der Waals surface area (Å²) in [7, 11) is 1.92. The van der Waals surface area contributed by atoms with Crippen molar-refractivity contribution in [2.24, 2.45) is 0 Å². The highest BCUT2D eigenvalue weighted by molar-refractivity contribution is 6.33. The number of pyridine rings is 1. The number of anilines is 1. The number of nitrogens with zero attached hydrogens (tertiary/aromatic N) is 2. The molecular formula is C10H11ClN2O2. The average Bonchev–Trinajstić information content (AvgIpc) is 2.99. The van der Waals surface area contributed by atoms with Crippen molar-refractivity contribution >= 4 is 23.4 Å². The van der Waals surface area contributed by atoms with Gasteiger partial charge in [0, 0.05) is 19.3 Å². The summed E-state index contributed by atoms with van der Waals surface area (Å²) in [6.07, 6.45) is 3.63. The molecular weight excluding hydrogens is 216 g/mol. The zero-order valence-electron chi connectivity index (χ0n) is 8.27. The van der Waals surface area contributed by atoms with E-state index >= 15 is 0 Å². The molecule has 15 heavy (non-hydrogen) atoms. The maximum Gasteiger partial charge on any atom is 0.337 e. The van der Waals surface area contributed by atoms with Crippen LogP contribution in [0.3, 0.4) is 0 Å². The maximum atomic E-state index is 10.7. The Labute approximate surface area is 92.5 Å². The van der Waals surface area contributed by atoms with Gasteiger partial charge in [0.1, 0.15) is 5.82 Å². The molecule has 0 radical (unpaired) electrons. The monoisotopic (exact) mass is 226 g/mol. The van der Waals surface area contributed by atoms with Crippen molar-refractivity contribution < 1.29 is 9.90 Å². The largest absolute Gasteiger partial charge is 0.478 e. The molecule has 5 heteroatoms. The molecule has 0 aliphatic heterocycles. The average molecular weight is 227 g/mol. The number of hydrogen-bond donors (Lipinski definition) is 1. The molecule has 0 spiro atoms. The number of halogens is 1. The number of hydrogen-bond acceptors (Lipinski definition) is 3. The van der Waals surface area contributed by atoms with Crippen LogP contribution in [0.2, 0.25) is 5.02 Å². The summed E-state index contributed by atoms with van der Waals surface area (Å²) in [4.78, 5) is 16.7. The van der Waals surface area contributed by atoms with Gasteiger partial charge in [-0.1, -0.05) is 11.6 Å². The zero-order valence-corrected chi connectivity index (χ0v) is 9.03. The van der Waals surface area contributed by atoms with E-state index in [0.717, 1.165) is 12.8 Å². The molecule has 0 amide bonds. The number of rotatable bonds is 3. The van der Waals surface area contributed by atoms with Crippen LogP contribution in [0.5, 0.6) is 0 Å². The molecule has 0 bridgehead atoms. The van der Waals surface area contributed by atoms with Gasteiger partial charge in [-0.05, 0) is 18.9 Å². The minimum Gasteiger partial charge on any atom is -0.478 e. The minimum atomic E-state index is -1.01. The Balaban J connectivity index is 2.29. The van der Waals surface area contributed by atoms with Crippen LogP contribution >= 0.6 is 11.6 Å². The molecule has 1 saturated carbocycles. The van der Waals surface area contributed by atoms with E-state index in [2.05, 4.69) is 4.98 Å². The number of carboxylic acid groups (broad SMARTS) is 1. The van der Waals surface area contributed by atoms with Crippen LogP contribution in [0.15, 0.2) is 12.3 Å². The van der Waals surface area contributed by atoms with E-state index in [4.69, 9.17) is 16.7 Å². The van der Waals surface area contributed by atoms with Crippen LogP contribution in [0.1, 0.15) is 23.2 Å². The molecule has 1 aromatic rings. The summed E-state index contributed by atoms with van der Waals surface area (Å²) < 4.78 is 0. The van der Waals surface area contributed by atoms with Gasteiger partial charge in [0.05, 0.1) is 10.6 Å². The summed E-state index contributed by atoms with van der Waals surface area (Å²) in [5, 5.41) is 9.14. The SMILES string of the molecule is CN(c1ncc(C(=O)O)cc1Cl)C1CC1. The van der Waals surface area contributed by atoms with Gasteiger partial charge in [0.15, 0.2) is 0 Å². The van der Waals surface area contributed by atoms with Crippen molar-refractivity contribution in [3.05, 3.63) is 22.8 Å². The van der Waals surface area contributed by atoms with Crippen molar-refractivity contribution in [2.45, 2.75) is 18.9 Å². The highest BCUT2D eigenvalue weighted by Crippen LogP contribution is 2.32. The molecule has 1 fully saturated rings. The lowest BCUT2D eigenvalue weighted by atomic mass is 10.3. The fourth-order valence-electron chi connectivity index (χ4n) is 1.44. The molecule has 1 aliphatic rings. The normalized spacial score (nSPS) is 15.1. The summed E-state index contributed by atoms with van der Waals surface area (Å²) in [6, 6.07) is 1.94. The standard InChI is InChI=1S/C10H11ClN2O2/c1-13(7-2-3-7)9-8(11)4-6(5-12-9)10(14)15/h4-5,7H,2-3H2,1H3,(H,14,15). The third-order valence-corrected chi connectivity index (χ3v) is 2.78. The minimum absolute atomic E-state index is 0.118. The van der Waals surface area contributed by atoms with Gasteiger partial charge in [0.25, 0.3) is 0 Å².